The van der Waals surface area contributed by atoms with Crippen LogP contribution in [0.1, 0.15) is 38.7 Å². The summed E-state index contributed by atoms with van der Waals surface area (Å²) < 4.78 is 0. The molecule has 0 saturated heterocycles. The number of hydrogen-bond acceptors (Lipinski definition) is 2. The van der Waals surface area contributed by atoms with Crippen LogP contribution < -0.4 is 4.90 Å². The number of nitrogens with zero attached hydrogens (tertiary/aromatic N) is 3. The number of benzene rings is 1. The third-order valence-corrected chi connectivity index (χ3v) is 5.65. The summed E-state index contributed by atoms with van der Waals surface area (Å²) in [5.74, 6) is 0.488. The maximum absolute atomic E-state index is 9.28. The highest BCUT2D eigenvalue weighted by molar-refractivity contribution is 5.72. The van der Waals surface area contributed by atoms with Gasteiger partial charge in [-0.3, -0.25) is 0 Å². The quantitative estimate of drug-likeness (QED) is 0.517. The van der Waals surface area contributed by atoms with Gasteiger partial charge in [0.15, 0.2) is 0 Å². The number of allylic oxidation sites excluding steroid dienone is 6. The highest BCUT2D eigenvalue weighted by Crippen LogP contribution is 2.50. The van der Waals surface area contributed by atoms with E-state index in [-0.39, 0.29) is 11.1 Å². The first kappa shape index (κ1) is 18.0. The predicted octanol–water partition coefficient (Wildman–Crippen LogP) is 5.60. The first-order valence-corrected chi connectivity index (χ1v) is 9.06. The van der Waals surface area contributed by atoms with E-state index < -0.39 is 0 Å². The average Bonchev–Trinajstić information content (AvgIpc) is 2.62. The van der Waals surface area contributed by atoms with Gasteiger partial charge >= 0.3 is 0 Å². The molecule has 0 spiro atoms. The molecule has 0 heterocycles. The summed E-state index contributed by atoms with van der Waals surface area (Å²) in [4.78, 5) is 5.54. The van der Waals surface area contributed by atoms with E-state index in [4.69, 9.17) is 6.57 Å². The van der Waals surface area contributed by atoms with Crippen LogP contribution in [0.2, 0.25) is 0 Å². The number of nitriles is 1. The SMILES string of the molecule is [C-]#[N+]C(C#N)=C1C=C2C=C(c3ccc(N(C)C)cc3)CCC2C(C)(C)C1. The highest BCUT2D eigenvalue weighted by atomic mass is 15.1. The van der Waals surface area contributed by atoms with Crippen molar-refractivity contribution < 1.29 is 0 Å². The van der Waals surface area contributed by atoms with Crippen LogP contribution in [0.4, 0.5) is 5.69 Å². The molecule has 26 heavy (non-hydrogen) atoms. The molecule has 0 N–H and O–H groups in total. The van der Waals surface area contributed by atoms with Gasteiger partial charge in [-0.1, -0.05) is 38.1 Å². The standard InChI is InChI=1S/C23H25N3/c1-23(2)14-19(22(15-24)25-3)13-18-12-17(8-11-21(18)23)16-6-9-20(10-7-16)26(4)5/h6-7,9-10,12-13,21H,8,11,14H2,1-2,4-5H3. The highest BCUT2D eigenvalue weighted by Gasteiger charge is 2.37. The molecule has 1 unspecified atom stereocenters. The third-order valence-electron chi connectivity index (χ3n) is 5.65. The first-order valence-electron chi connectivity index (χ1n) is 9.06. The molecule has 0 bridgehead atoms. The van der Waals surface area contributed by atoms with Crippen LogP contribution in [-0.2, 0) is 0 Å². The molecule has 0 aliphatic heterocycles. The van der Waals surface area contributed by atoms with Crippen LogP contribution in [0.25, 0.3) is 10.4 Å². The average molecular weight is 343 g/mol. The minimum absolute atomic E-state index is 0.0724. The van der Waals surface area contributed by atoms with Gasteiger partial charge < -0.3 is 4.90 Å². The molecule has 0 aromatic heterocycles. The lowest BCUT2D eigenvalue weighted by Crippen LogP contribution is -2.31. The number of rotatable bonds is 2. The smallest absolute Gasteiger partial charge is 0.265 e. The Morgan fingerprint density at radius 3 is 2.50 bits per heavy atom. The molecule has 3 rings (SSSR count). The molecule has 2 aliphatic carbocycles. The maximum atomic E-state index is 9.28. The lowest BCUT2D eigenvalue weighted by molar-refractivity contribution is 0.227. The van der Waals surface area contributed by atoms with E-state index in [0.717, 1.165) is 24.8 Å². The van der Waals surface area contributed by atoms with Crippen molar-refractivity contribution in [1.29, 1.82) is 5.26 Å². The fraction of sp³-hybridized carbons (Fsp3) is 0.391. The fourth-order valence-corrected chi connectivity index (χ4v) is 4.21. The minimum Gasteiger partial charge on any atom is -0.378 e. The van der Waals surface area contributed by atoms with E-state index in [2.05, 4.69) is 66.1 Å². The zero-order valence-electron chi connectivity index (χ0n) is 16.0. The third kappa shape index (κ3) is 3.31. The Labute approximate surface area is 156 Å². The molecule has 3 heteroatoms. The second-order valence-electron chi connectivity index (χ2n) is 8.11. The topological polar surface area (TPSA) is 31.4 Å². The number of fused-ring (bicyclic) bond motifs is 1. The van der Waals surface area contributed by atoms with Crippen LogP contribution in [0, 0.1) is 29.2 Å². The van der Waals surface area contributed by atoms with E-state index in [1.54, 1.807) is 0 Å². The van der Waals surface area contributed by atoms with E-state index in [0.29, 0.717) is 5.92 Å². The van der Waals surface area contributed by atoms with Crippen molar-refractivity contribution in [3.8, 4) is 6.07 Å². The minimum atomic E-state index is 0.0724. The van der Waals surface area contributed by atoms with Crippen molar-refractivity contribution in [2.45, 2.75) is 33.1 Å². The lowest BCUT2D eigenvalue weighted by Gasteiger charge is -2.42. The molecule has 1 aromatic rings. The molecular weight excluding hydrogens is 318 g/mol. The molecule has 1 aromatic carbocycles. The zero-order valence-corrected chi connectivity index (χ0v) is 16.0. The second-order valence-corrected chi connectivity index (χ2v) is 8.11. The van der Waals surface area contributed by atoms with Gasteiger partial charge in [0, 0.05) is 19.8 Å². The van der Waals surface area contributed by atoms with E-state index in [1.165, 1.54) is 22.4 Å². The Bertz CT molecular complexity index is 865. The molecule has 0 radical (unpaired) electrons. The largest absolute Gasteiger partial charge is 0.378 e. The monoisotopic (exact) mass is 343 g/mol. The molecule has 0 saturated carbocycles. The fourth-order valence-electron chi connectivity index (χ4n) is 4.21. The van der Waals surface area contributed by atoms with E-state index >= 15 is 0 Å². The lowest BCUT2D eigenvalue weighted by atomic mass is 9.62. The van der Waals surface area contributed by atoms with Crippen LogP contribution in [0.15, 0.2) is 53.3 Å². The Kier molecular flexibility index (Phi) is 4.75. The summed E-state index contributed by atoms with van der Waals surface area (Å²) in [6.45, 7) is 11.8. The van der Waals surface area contributed by atoms with Crippen LogP contribution in [0.3, 0.4) is 0 Å². The van der Waals surface area contributed by atoms with Gasteiger partial charge in [-0.15, -0.1) is 0 Å². The Morgan fingerprint density at radius 1 is 1.23 bits per heavy atom. The van der Waals surface area contributed by atoms with Gasteiger partial charge in [0.2, 0.25) is 0 Å². The zero-order chi connectivity index (χ0) is 18.9. The van der Waals surface area contributed by atoms with Crippen LogP contribution in [-0.4, -0.2) is 14.1 Å². The molecule has 0 fully saturated rings. The molecule has 132 valence electrons. The van der Waals surface area contributed by atoms with Crippen molar-refractivity contribution in [2.24, 2.45) is 11.3 Å². The Balaban J connectivity index is 2.02. The predicted molar refractivity (Wildman–Crippen MR) is 107 cm³/mol. The molecule has 0 amide bonds. The maximum Gasteiger partial charge on any atom is 0.265 e. The van der Waals surface area contributed by atoms with Crippen molar-refractivity contribution in [1.82, 2.24) is 0 Å². The summed E-state index contributed by atoms with van der Waals surface area (Å²) >= 11 is 0. The molecular formula is C23H25N3. The summed E-state index contributed by atoms with van der Waals surface area (Å²) in [6.07, 6.45) is 7.37. The van der Waals surface area contributed by atoms with Crippen molar-refractivity contribution in [3.05, 3.63) is 70.2 Å². The van der Waals surface area contributed by atoms with Crippen LogP contribution in [0.5, 0.6) is 0 Å². The van der Waals surface area contributed by atoms with Gasteiger partial charge in [0.05, 0.1) is 12.6 Å². The second kappa shape index (κ2) is 6.85. The van der Waals surface area contributed by atoms with Gasteiger partial charge in [-0.05, 0) is 65.0 Å². The van der Waals surface area contributed by atoms with Crippen molar-refractivity contribution in [3.63, 3.8) is 0 Å². The Morgan fingerprint density at radius 2 is 1.92 bits per heavy atom. The van der Waals surface area contributed by atoms with Crippen molar-refractivity contribution >= 4 is 11.3 Å². The summed E-state index contributed by atoms with van der Waals surface area (Å²) in [5.41, 5.74) is 6.26. The molecule has 1 atom stereocenters. The Hall–Kier alpha value is -2.78. The molecule has 3 nitrogen and oxygen atoms in total. The van der Waals surface area contributed by atoms with Gasteiger partial charge in [0.1, 0.15) is 0 Å². The van der Waals surface area contributed by atoms with Gasteiger partial charge in [-0.2, -0.15) is 0 Å². The van der Waals surface area contributed by atoms with E-state index in [9.17, 15) is 5.26 Å². The first-order chi connectivity index (χ1) is 12.4. The summed E-state index contributed by atoms with van der Waals surface area (Å²) in [5, 5.41) is 9.28. The number of hydrogen-bond donors (Lipinski definition) is 0. The number of anilines is 1. The van der Waals surface area contributed by atoms with Gasteiger partial charge in [-0.25, -0.2) is 10.1 Å². The normalized spacial score (nSPS) is 22.9. The summed E-state index contributed by atoms with van der Waals surface area (Å²) in [6, 6.07) is 10.7. The van der Waals surface area contributed by atoms with Gasteiger partial charge in [0.25, 0.3) is 5.70 Å². The van der Waals surface area contributed by atoms with Crippen LogP contribution >= 0.6 is 0 Å². The van der Waals surface area contributed by atoms with E-state index in [1.807, 2.05) is 14.1 Å². The molecule has 2 aliphatic rings. The summed E-state index contributed by atoms with van der Waals surface area (Å²) in [7, 11) is 4.10. The van der Waals surface area contributed by atoms with Crippen molar-refractivity contribution in [2.75, 3.05) is 19.0 Å².